The lowest BCUT2D eigenvalue weighted by atomic mass is 9.92. The Morgan fingerprint density at radius 2 is 2.04 bits per heavy atom. The summed E-state index contributed by atoms with van der Waals surface area (Å²) < 4.78 is 10.6. The van der Waals surface area contributed by atoms with Crippen molar-refractivity contribution in [3.63, 3.8) is 0 Å². The van der Waals surface area contributed by atoms with E-state index in [-0.39, 0.29) is 18.1 Å². The Hall–Kier alpha value is -2.50. The lowest BCUT2D eigenvalue weighted by molar-refractivity contribution is 0.0949. The van der Waals surface area contributed by atoms with Crippen molar-refractivity contribution in [2.24, 2.45) is 0 Å². The standard InChI is InChI=1S/C17H21N3O3/c1-17(2,3)15-9-12(19-20-15)16(21)18-7-6-11-4-5-13-14(8-11)23-10-22-13/h4-5,8-9H,6-7,10H2,1-3H3,(H,18,21)(H,19,20). The van der Waals surface area contributed by atoms with E-state index in [9.17, 15) is 4.79 Å². The number of ether oxygens (including phenoxy) is 2. The first-order valence-corrected chi connectivity index (χ1v) is 7.66. The highest BCUT2D eigenvalue weighted by Crippen LogP contribution is 2.32. The number of H-pyrrole nitrogens is 1. The van der Waals surface area contributed by atoms with E-state index in [1.807, 2.05) is 18.2 Å². The number of amides is 1. The van der Waals surface area contributed by atoms with Gasteiger partial charge < -0.3 is 14.8 Å². The van der Waals surface area contributed by atoms with E-state index >= 15 is 0 Å². The lowest BCUT2D eigenvalue weighted by Gasteiger charge is -2.14. The number of aromatic nitrogens is 2. The topological polar surface area (TPSA) is 76.2 Å². The summed E-state index contributed by atoms with van der Waals surface area (Å²) in [5, 5.41) is 9.89. The molecule has 2 heterocycles. The zero-order chi connectivity index (χ0) is 16.4. The average Bonchev–Trinajstić information content (AvgIpc) is 3.15. The van der Waals surface area contributed by atoms with Gasteiger partial charge >= 0.3 is 0 Å². The van der Waals surface area contributed by atoms with Gasteiger partial charge in [0.2, 0.25) is 6.79 Å². The number of benzene rings is 1. The highest BCUT2D eigenvalue weighted by Gasteiger charge is 2.19. The second-order valence-corrected chi connectivity index (χ2v) is 6.61. The van der Waals surface area contributed by atoms with Gasteiger partial charge in [-0.05, 0) is 30.2 Å². The van der Waals surface area contributed by atoms with Gasteiger partial charge in [0.1, 0.15) is 5.69 Å². The Labute approximate surface area is 135 Å². The minimum Gasteiger partial charge on any atom is -0.454 e. The predicted octanol–water partition coefficient (Wildman–Crippen LogP) is 2.41. The summed E-state index contributed by atoms with van der Waals surface area (Å²) in [6, 6.07) is 7.62. The molecule has 6 nitrogen and oxygen atoms in total. The van der Waals surface area contributed by atoms with Gasteiger partial charge in [0.05, 0.1) is 0 Å². The van der Waals surface area contributed by atoms with Crippen molar-refractivity contribution >= 4 is 5.91 Å². The Morgan fingerprint density at radius 3 is 2.78 bits per heavy atom. The van der Waals surface area contributed by atoms with Crippen LogP contribution in [0.3, 0.4) is 0 Å². The van der Waals surface area contributed by atoms with Gasteiger partial charge in [-0.25, -0.2) is 0 Å². The number of hydrogen-bond donors (Lipinski definition) is 2. The Morgan fingerprint density at radius 1 is 1.26 bits per heavy atom. The van der Waals surface area contributed by atoms with Crippen LogP contribution in [0.5, 0.6) is 11.5 Å². The summed E-state index contributed by atoms with van der Waals surface area (Å²) in [4.78, 5) is 12.1. The normalized spacial score (nSPS) is 13.2. The molecule has 0 saturated carbocycles. The number of nitrogens with zero attached hydrogens (tertiary/aromatic N) is 1. The van der Waals surface area contributed by atoms with Crippen molar-refractivity contribution in [1.29, 1.82) is 0 Å². The molecular weight excluding hydrogens is 294 g/mol. The van der Waals surface area contributed by atoms with Crippen molar-refractivity contribution in [3.8, 4) is 11.5 Å². The molecule has 1 aliphatic rings. The Kier molecular flexibility index (Phi) is 3.98. The molecule has 23 heavy (non-hydrogen) atoms. The van der Waals surface area contributed by atoms with Crippen LogP contribution in [0, 0.1) is 0 Å². The van der Waals surface area contributed by atoms with Crippen molar-refractivity contribution in [2.45, 2.75) is 32.6 Å². The van der Waals surface area contributed by atoms with Gasteiger partial charge in [-0.15, -0.1) is 0 Å². The van der Waals surface area contributed by atoms with Crippen molar-refractivity contribution < 1.29 is 14.3 Å². The molecule has 0 atom stereocenters. The summed E-state index contributed by atoms with van der Waals surface area (Å²) in [5.74, 6) is 1.36. The van der Waals surface area contributed by atoms with E-state index < -0.39 is 0 Å². The maximum absolute atomic E-state index is 12.1. The summed E-state index contributed by atoms with van der Waals surface area (Å²) in [5.41, 5.74) is 2.39. The first kappa shape index (κ1) is 15.4. The number of fused-ring (bicyclic) bond motifs is 1. The molecule has 1 amide bonds. The first-order valence-electron chi connectivity index (χ1n) is 7.66. The van der Waals surface area contributed by atoms with Crippen LogP contribution in [0.2, 0.25) is 0 Å². The van der Waals surface area contributed by atoms with Crippen LogP contribution in [-0.4, -0.2) is 29.4 Å². The molecule has 2 aromatic rings. The second-order valence-electron chi connectivity index (χ2n) is 6.61. The number of carbonyl (C=O) groups excluding carboxylic acids is 1. The molecule has 122 valence electrons. The molecule has 0 fully saturated rings. The van der Waals surface area contributed by atoms with E-state index in [1.54, 1.807) is 6.07 Å². The molecule has 2 N–H and O–H groups in total. The number of carbonyl (C=O) groups is 1. The maximum Gasteiger partial charge on any atom is 0.271 e. The summed E-state index contributed by atoms with van der Waals surface area (Å²) >= 11 is 0. The van der Waals surface area contributed by atoms with Crippen LogP contribution in [-0.2, 0) is 11.8 Å². The SMILES string of the molecule is CC(C)(C)c1cc(C(=O)NCCc2ccc3c(c2)OCO3)n[nH]1. The largest absolute Gasteiger partial charge is 0.454 e. The van der Waals surface area contributed by atoms with Crippen LogP contribution in [0.25, 0.3) is 0 Å². The molecule has 0 bridgehead atoms. The smallest absolute Gasteiger partial charge is 0.271 e. The maximum atomic E-state index is 12.1. The summed E-state index contributed by atoms with van der Waals surface area (Å²) in [6.07, 6.45) is 0.721. The van der Waals surface area contributed by atoms with Crippen LogP contribution in [0.4, 0.5) is 0 Å². The second kappa shape index (κ2) is 5.95. The Bertz CT molecular complexity index is 716. The number of rotatable bonds is 4. The third-order valence-electron chi connectivity index (χ3n) is 3.75. The zero-order valence-corrected chi connectivity index (χ0v) is 13.6. The first-order chi connectivity index (χ1) is 10.9. The molecule has 0 aliphatic carbocycles. The molecule has 0 spiro atoms. The van der Waals surface area contributed by atoms with E-state index in [0.29, 0.717) is 12.2 Å². The molecule has 6 heteroatoms. The van der Waals surface area contributed by atoms with Gasteiger partial charge in [0.15, 0.2) is 11.5 Å². The van der Waals surface area contributed by atoms with E-state index in [2.05, 4.69) is 36.3 Å². The van der Waals surface area contributed by atoms with Gasteiger partial charge in [0.25, 0.3) is 5.91 Å². The van der Waals surface area contributed by atoms with Gasteiger partial charge in [-0.3, -0.25) is 9.89 Å². The quantitative estimate of drug-likeness (QED) is 0.908. The Balaban J connectivity index is 1.54. The van der Waals surface area contributed by atoms with Crippen molar-refractivity contribution in [3.05, 3.63) is 41.2 Å². The molecular formula is C17H21N3O3. The highest BCUT2D eigenvalue weighted by molar-refractivity contribution is 5.92. The van der Waals surface area contributed by atoms with Crippen LogP contribution >= 0.6 is 0 Å². The van der Waals surface area contributed by atoms with Gasteiger partial charge in [-0.1, -0.05) is 26.8 Å². The number of nitrogens with one attached hydrogen (secondary N) is 2. The summed E-state index contributed by atoms with van der Waals surface area (Å²) in [7, 11) is 0. The molecule has 1 aromatic carbocycles. The van der Waals surface area contributed by atoms with Gasteiger partial charge in [0, 0.05) is 17.7 Å². The minimum atomic E-state index is -0.169. The van der Waals surface area contributed by atoms with E-state index in [0.717, 1.165) is 29.2 Å². The molecule has 3 rings (SSSR count). The van der Waals surface area contributed by atoms with Crippen LogP contribution in [0.1, 0.15) is 42.5 Å². The lowest BCUT2D eigenvalue weighted by Crippen LogP contribution is -2.26. The van der Waals surface area contributed by atoms with Crippen molar-refractivity contribution in [2.75, 3.05) is 13.3 Å². The average molecular weight is 315 g/mol. The molecule has 1 aliphatic heterocycles. The van der Waals surface area contributed by atoms with Crippen LogP contribution < -0.4 is 14.8 Å². The van der Waals surface area contributed by atoms with Crippen LogP contribution in [0.15, 0.2) is 24.3 Å². The molecule has 0 unspecified atom stereocenters. The number of aromatic amines is 1. The van der Waals surface area contributed by atoms with Gasteiger partial charge in [-0.2, -0.15) is 5.10 Å². The zero-order valence-electron chi connectivity index (χ0n) is 13.6. The van der Waals surface area contributed by atoms with E-state index in [4.69, 9.17) is 9.47 Å². The fourth-order valence-electron chi connectivity index (χ4n) is 2.33. The highest BCUT2D eigenvalue weighted by atomic mass is 16.7. The third kappa shape index (κ3) is 3.47. The van der Waals surface area contributed by atoms with Crippen molar-refractivity contribution in [1.82, 2.24) is 15.5 Å². The fraction of sp³-hybridized carbons (Fsp3) is 0.412. The third-order valence-corrected chi connectivity index (χ3v) is 3.75. The van der Waals surface area contributed by atoms with E-state index in [1.165, 1.54) is 0 Å². The number of hydrogen-bond acceptors (Lipinski definition) is 4. The predicted molar refractivity (Wildman–Crippen MR) is 85.9 cm³/mol. The minimum absolute atomic E-state index is 0.0575. The fourth-order valence-corrected chi connectivity index (χ4v) is 2.33. The molecule has 1 aromatic heterocycles. The summed E-state index contributed by atoms with van der Waals surface area (Å²) in [6.45, 7) is 7.02. The molecule has 0 saturated heterocycles. The molecule has 0 radical (unpaired) electrons. The monoisotopic (exact) mass is 315 g/mol.